The van der Waals surface area contributed by atoms with Gasteiger partial charge < -0.3 is 10.6 Å². The summed E-state index contributed by atoms with van der Waals surface area (Å²) in [6.07, 6.45) is 4.29. The van der Waals surface area contributed by atoms with Crippen molar-refractivity contribution in [3.8, 4) is 0 Å². The van der Waals surface area contributed by atoms with E-state index in [0.717, 1.165) is 18.7 Å². The zero-order chi connectivity index (χ0) is 9.26. The number of primary amides is 1. The van der Waals surface area contributed by atoms with Crippen LogP contribution >= 0.6 is 0 Å². The molecule has 0 saturated carbocycles. The van der Waals surface area contributed by atoms with Crippen LogP contribution in [0.5, 0.6) is 0 Å². The number of pyridine rings is 1. The van der Waals surface area contributed by atoms with Gasteiger partial charge in [-0.15, -0.1) is 0 Å². The van der Waals surface area contributed by atoms with E-state index < -0.39 is 0 Å². The van der Waals surface area contributed by atoms with E-state index in [1.54, 1.807) is 12.4 Å². The summed E-state index contributed by atoms with van der Waals surface area (Å²) in [4.78, 5) is 16.8. The topological polar surface area (TPSA) is 59.2 Å². The highest BCUT2D eigenvalue weighted by atomic mass is 16.1. The molecule has 0 aromatic carbocycles. The van der Waals surface area contributed by atoms with E-state index in [4.69, 9.17) is 5.73 Å². The second kappa shape index (κ2) is 3.05. The van der Waals surface area contributed by atoms with E-state index in [9.17, 15) is 4.79 Å². The van der Waals surface area contributed by atoms with Crippen LogP contribution in [0.4, 0.5) is 5.69 Å². The number of nitrogens with two attached hydrogens (primary N) is 1. The minimum Gasteiger partial charge on any atom is -0.368 e. The number of anilines is 1. The molecule has 0 bridgehead atoms. The largest absolute Gasteiger partial charge is 0.368 e. The number of carbonyl (C=O) groups excluding carboxylic acids is 1. The smallest absolute Gasteiger partial charge is 0.240 e. The summed E-state index contributed by atoms with van der Waals surface area (Å²) in [5.41, 5.74) is 6.25. The summed E-state index contributed by atoms with van der Waals surface area (Å²) < 4.78 is 0. The molecule has 2 rings (SSSR count). The van der Waals surface area contributed by atoms with Crippen LogP contribution in [-0.2, 0) is 4.79 Å². The molecule has 4 nitrogen and oxygen atoms in total. The first-order chi connectivity index (χ1) is 6.29. The molecular formula is C9H11N3O. The highest BCUT2D eigenvalue weighted by Gasteiger charge is 2.32. The van der Waals surface area contributed by atoms with Gasteiger partial charge in [-0.05, 0) is 18.6 Å². The normalized spacial score (nSPS) is 20.9. The van der Waals surface area contributed by atoms with Crippen LogP contribution in [0.15, 0.2) is 24.5 Å². The molecule has 1 fully saturated rings. The summed E-state index contributed by atoms with van der Waals surface area (Å²) >= 11 is 0. The molecular weight excluding hydrogens is 166 g/mol. The maximum Gasteiger partial charge on any atom is 0.240 e. The molecule has 13 heavy (non-hydrogen) atoms. The van der Waals surface area contributed by atoms with Crippen LogP contribution in [-0.4, -0.2) is 23.5 Å². The van der Waals surface area contributed by atoms with Gasteiger partial charge in [-0.3, -0.25) is 9.78 Å². The van der Waals surface area contributed by atoms with Crippen LogP contribution in [0.2, 0.25) is 0 Å². The molecule has 0 aliphatic carbocycles. The van der Waals surface area contributed by atoms with Gasteiger partial charge in [0.15, 0.2) is 0 Å². The van der Waals surface area contributed by atoms with E-state index in [0.29, 0.717) is 0 Å². The summed E-state index contributed by atoms with van der Waals surface area (Å²) in [5.74, 6) is -0.247. The monoisotopic (exact) mass is 177 g/mol. The fourth-order valence-corrected chi connectivity index (χ4v) is 1.53. The maximum absolute atomic E-state index is 10.9. The third-order valence-electron chi connectivity index (χ3n) is 2.34. The summed E-state index contributed by atoms with van der Waals surface area (Å²) in [5, 5.41) is 0. The zero-order valence-corrected chi connectivity index (χ0v) is 7.18. The minimum atomic E-state index is -0.247. The Labute approximate surface area is 76.4 Å². The second-order valence-corrected chi connectivity index (χ2v) is 3.11. The van der Waals surface area contributed by atoms with Crippen LogP contribution in [0.3, 0.4) is 0 Å². The molecule has 1 aliphatic rings. The fraction of sp³-hybridized carbons (Fsp3) is 0.333. The molecule has 1 aromatic rings. The summed E-state index contributed by atoms with van der Waals surface area (Å²) in [6.45, 7) is 0.900. The van der Waals surface area contributed by atoms with E-state index in [-0.39, 0.29) is 11.9 Å². The number of hydrogen-bond acceptors (Lipinski definition) is 3. The van der Waals surface area contributed by atoms with Crippen molar-refractivity contribution in [1.29, 1.82) is 0 Å². The predicted octanol–water partition coefficient (Wildman–Crippen LogP) is 0.146. The van der Waals surface area contributed by atoms with Gasteiger partial charge in [0, 0.05) is 24.6 Å². The Morgan fingerprint density at radius 2 is 2.23 bits per heavy atom. The van der Waals surface area contributed by atoms with Crippen molar-refractivity contribution in [2.24, 2.45) is 5.73 Å². The Morgan fingerprint density at radius 1 is 1.54 bits per heavy atom. The van der Waals surface area contributed by atoms with E-state index >= 15 is 0 Å². The molecule has 1 aliphatic heterocycles. The zero-order valence-electron chi connectivity index (χ0n) is 7.18. The molecule has 0 radical (unpaired) electrons. The van der Waals surface area contributed by atoms with Gasteiger partial charge in [-0.2, -0.15) is 0 Å². The molecule has 1 saturated heterocycles. The van der Waals surface area contributed by atoms with Gasteiger partial charge in [0.1, 0.15) is 6.04 Å². The molecule has 2 N–H and O–H groups in total. The Bertz CT molecular complexity index is 312. The van der Waals surface area contributed by atoms with Gasteiger partial charge in [0.25, 0.3) is 0 Å². The number of hydrogen-bond donors (Lipinski definition) is 1. The molecule has 1 unspecified atom stereocenters. The molecule has 1 amide bonds. The lowest BCUT2D eigenvalue weighted by molar-refractivity contribution is -0.120. The van der Waals surface area contributed by atoms with Gasteiger partial charge >= 0.3 is 0 Å². The van der Waals surface area contributed by atoms with E-state index in [2.05, 4.69) is 4.98 Å². The molecule has 2 heterocycles. The SMILES string of the molecule is NC(=O)C1CCN1c1ccncc1. The standard InChI is InChI=1S/C9H11N3O/c10-9(13)8-3-6-12(8)7-1-4-11-5-2-7/h1-2,4-5,8H,3,6H2,(H2,10,13). The van der Waals surface area contributed by atoms with Crippen molar-refractivity contribution in [3.05, 3.63) is 24.5 Å². The lowest BCUT2D eigenvalue weighted by atomic mass is 10.0. The average Bonchev–Trinajstić information content (AvgIpc) is 2.02. The molecule has 68 valence electrons. The molecule has 1 atom stereocenters. The predicted molar refractivity (Wildman–Crippen MR) is 49.2 cm³/mol. The van der Waals surface area contributed by atoms with Gasteiger partial charge in [0.05, 0.1) is 0 Å². The lowest BCUT2D eigenvalue weighted by Crippen LogP contribution is -2.55. The maximum atomic E-state index is 10.9. The number of amides is 1. The van der Waals surface area contributed by atoms with Crippen molar-refractivity contribution < 1.29 is 4.79 Å². The van der Waals surface area contributed by atoms with Gasteiger partial charge in [-0.25, -0.2) is 0 Å². The Morgan fingerprint density at radius 3 is 2.69 bits per heavy atom. The number of carbonyl (C=O) groups is 1. The Kier molecular flexibility index (Phi) is 1.88. The van der Waals surface area contributed by atoms with E-state index in [1.165, 1.54) is 0 Å². The first kappa shape index (κ1) is 8.04. The third-order valence-corrected chi connectivity index (χ3v) is 2.34. The van der Waals surface area contributed by atoms with Gasteiger partial charge in [-0.1, -0.05) is 0 Å². The summed E-state index contributed by atoms with van der Waals surface area (Å²) in [7, 11) is 0. The Balaban J connectivity index is 2.15. The highest BCUT2D eigenvalue weighted by Crippen LogP contribution is 2.24. The summed E-state index contributed by atoms with van der Waals surface area (Å²) in [6, 6.07) is 3.65. The third kappa shape index (κ3) is 1.35. The van der Waals surface area contributed by atoms with E-state index in [1.807, 2.05) is 17.0 Å². The van der Waals surface area contributed by atoms with Crippen LogP contribution in [0.25, 0.3) is 0 Å². The average molecular weight is 177 g/mol. The van der Waals surface area contributed by atoms with Crippen molar-refractivity contribution in [1.82, 2.24) is 4.98 Å². The second-order valence-electron chi connectivity index (χ2n) is 3.11. The van der Waals surface area contributed by atoms with Crippen LogP contribution in [0, 0.1) is 0 Å². The highest BCUT2D eigenvalue weighted by molar-refractivity contribution is 5.85. The molecule has 4 heteroatoms. The molecule has 1 aromatic heterocycles. The lowest BCUT2D eigenvalue weighted by Gasteiger charge is -2.40. The first-order valence-corrected chi connectivity index (χ1v) is 4.25. The Hall–Kier alpha value is -1.58. The van der Waals surface area contributed by atoms with Crippen molar-refractivity contribution in [2.75, 3.05) is 11.4 Å². The van der Waals surface area contributed by atoms with Crippen LogP contribution in [0.1, 0.15) is 6.42 Å². The van der Waals surface area contributed by atoms with Crippen LogP contribution < -0.4 is 10.6 Å². The fourth-order valence-electron chi connectivity index (χ4n) is 1.53. The quantitative estimate of drug-likeness (QED) is 0.699. The van der Waals surface area contributed by atoms with Gasteiger partial charge in [0.2, 0.25) is 5.91 Å². The number of aromatic nitrogens is 1. The van der Waals surface area contributed by atoms with Crippen molar-refractivity contribution in [3.63, 3.8) is 0 Å². The first-order valence-electron chi connectivity index (χ1n) is 4.25. The van der Waals surface area contributed by atoms with Crippen molar-refractivity contribution in [2.45, 2.75) is 12.5 Å². The molecule has 0 spiro atoms. The number of rotatable bonds is 2. The number of nitrogens with zero attached hydrogens (tertiary/aromatic N) is 2. The van der Waals surface area contributed by atoms with Crippen molar-refractivity contribution >= 4 is 11.6 Å². The minimum absolute atomic E-state index is 0.123.